The molecule has 7 heteroatoms. The highest BCUT2D eigenvalue weighted by atomic mass is 16.6. The summed E-state index contributed by atoms with van der Waals surface area (Å²) >= 11 is 0. The number of ether oxygens (including phenoxy) is 2. The van der Waals surface area contributed by atoms with Crippen LogP contribution in [0.2, 0.25) is 0 Å². The van der Waals surface area contributed by atoms with E-state index in [2.05, 4.69) is 5.10 Å². The van der Waals surface area contributed by atoms with Crippen LogP contribution in [0.4, 0.5) is 0 Å². The average molecular weight is 353 g/mol. The SMILES string of the molecule is Cc1nc2c3ccccc3nn2c(C)c1CCC(=O)O[C@H]1CCOC1=O. The van der Waals surface area contributed by atoms with E-state index < -0.39 is 18.0 Å². The molecule has 1 aromatic carbocycles. The summed E-state index contributed by atoms with van der Waals surface area (Å²) in [6, 6.07) is 7.87. The molecule has 26 heavy (non-hydrogen) atoms. The quantitative estimate of drug-likeness (QED) is 0.669. The maximum absolute atomic E-state index is 12.1. The minimum Gasteiger partial charge on any atom is -0.463 e. The summed E-state index contributed by atoms with van der Waals surface area (Å²) in [5, 5.41) is 5.62. The van der Waals surface area contributed by atoms with Crippen molar-refractivity contribution in [3.63, 3.8) is 0 Å². The van der Waals surface area contributed by atoms with Gasteiger partial charge in [0.2, 0.25) is 6.10 Å². The number of hydrogen-bond donors (Lipinski definition) is 0. The van der Waals surface area contributed by atoms with E-state index in [9.17, 15) is 9.59 Å². The molecule has 0 aliphatic carbocycles. The van der Waals surface area contributed by atoms with Gasteiger partial charge >= 0.3 is 11.9 Å². The van der Waals surface area contributed by atoms with Crippen LogP contribution in [0.5, 0.6) is 0 Å². The second-order valence-electron chi connectivity index (χ2n) is 6.45. The molecule has 1 saturated heterocycles. The number of aromatic nitrogens is 3. The zero-order valence-corrected chi connectivity index (χ0v) is 14.7. The van der Waals surface area contributed by atoms with Crippen LogP contribution >= 0.6 is 0 Å². The normalized spacial score (nSPS) is 17.0. The highest BCUT2D eigenvalue weighted by Gasteiger charge is 2.30. The Hall–Kier alpha value is -2.96. The highest BCUT2D eigenvalue weighted by Crippen LogP contribution is 2.23. The van der Waals surface area contributed by atoms with Gasteiger partial charge in [-0.05, 0) is 38.0 Å². The van der Waals surface area contributed by atoms with Gasteiger partial charge in [-0.3, -0.25) is 4.79 Å². The molecule has 4 rings (SSSR count). The maximum Gasteiger partial charge on any atom is 0.347 e. The Bertz CT molecular complexity index is 1020. The van der Waals surface area contributed by atoms with E-state index in [0.29, 0.717) is 19.4 Å². The number of carbonyl (C=O) groups excluding carboxylic acids is 2. The second-order valence-corrected chi connectivity index (χ2v) is 6.45. The molecule has 1 aliphatic rings. The second kappa shape index (κ2) is 6.40. The van der Waals surface area contributed by atoms with Gasteiger partial charge in [-0.2, -0.15) is 5.10 Å². The first kappa shape index (κ1) is 16.5. The number of aryl methyl sites for hydroxylation is 2. The summed E-state index contributed by atoms with van der Waals surface area (Å²) in [6.07, 6.45) is 0.328. The fourth-order valence-electron chi connectivity index (χ4n) is 3.37. The van der Waals surface area contributed by atoms with Gasteiger partial charge in [0.1, 0.15) is 0 Å². The van der Waals surface area contributed by atoms with Gasteiger partial charge in [-0.15, -0.1) is 0 Å². The Morgan fingerprint density at radius 3 is 2.92 bits per heavy atom. The van der Waals surface area contributed by atoms with Gasteiger partial charge < -0.3 is 9.47 Å². The molecular formula is C19H19N3O4. The summed E-state index contributed by atoms with van der Waals surface area (Å²) in [4.78, 5) is 28.2. The lowest BCUT2D eigenvalue weighted by Crippen LogP contribution is -2.23. The molecule has 0 amide bonds. The molecule has 3 aromatic rings. The van der Waals surface area contributed by atoms with Crippen molar-refractivity contribution in [1.82, 2.24) is 14.6 Å². The Balaban J connectivity index is 1.57. The van der Waals surface area contributed by atoms with Crippen molar-refractivity contribution < 1.29 is 19.1 Å². The number of carbonyl (C=O) groups is 2. The maximum atomic E-state index is 12.1. The third-order valence-electron chi connectivity index (χ3n) is 4.76. The lowest BCUT2D eigenvalue weighted by Gasteiger charge is -2.12. The fraction of sp³-hybridized carbons (Fsp3) is 0.368. The van der Waals surface area contributed by atoms with Crippen molar-refractivity contribution >= 4 is 28.5 Å². The predicted octanol–water partition coefficient (Wildman–Crippen LogP) is 2.29. The van der Waals surface area contributed by atoms with E-state index in [1.807, 2.05) is 42.6 Å². The molecule has 3 heterocycles. The lowest BCUT2D eigenvalue weighted by atomic mass is 10.1. The Labute approximate surface area is 149 Å². The highest BCUT2D eigenvalue weighted by molar-refractivity contribution is 5.92. The van der Waals surface area contributed by atoms with Crippen LogP contribution in [-0.2, 0) is 25.5 Å². The van der Waals surface area contributed by atoms with E-state index in [4.69, 9.17) is 14.5 Å². The van der Waals surface area contributed by atoms with Crippen LogP contribution in [0.1, 0.15) is 29.8 Å². The van der Waals surface area contributed by atoms with Crippen LogP contribution < -0.4 is 0 Å². The van der Waals surface area contributed by atoms with Crippen LogP contribution in [0.25, 0.3) is 16.6 Å². The summed E-state index contributed by atoms with van der Waals surface area (Å²) in [7, 11) is 0. The summed E-state index contributed by atoms with van der Waals surface area (Å²) in [5.74, 6) is -0.865. The number of nitrogens with zero attached hydrogens (tertiary/aromatic N) is 3. The number of fused-ring (bicyclic) bond motifs is 3. The van der Waals surface area contributed by atoms with Crippen molar-refractivity contribution in [3.05, 3.63) is 41.2 Å². The van der Waals surface area contributed by atoms with Crippen molar-refractivity contribution in [2.75, 3.05) is 6.61 Å². The van der Waals surface area contributed by atoms with Crippen LogP contribution in [0.15, 0.2) is 24.3 Å². The number of hydrogen-bond acceptors (Lipinski definition) is 6. The van der Waals surface area contributed by atoms with E-state index in [0.717, 1.165) is 33.5 Å². The molecular weight excluding hydrogens is 334 g/mol. The standard InChI is InChI=1S/C19H19N3O4/c1-11-13(7-8-17(23)26-16-9-10-25-19(16)24)12(2)22-18(20-11)14-5-3-4-6-15(14)21-22/h3-6,16H,7-10H2,1-2H3/t16-/m0/s1. The molecule has 0 unspecified atom stereocenters. The number of esters is 2. The molecule has 1 aliphatic heterocycles. The summed E-state index contributed by atoms with van der Waals surface area (Å²) < 4.78 is 11.8. The number of benzene rings is 1. The largest absolute Gasteiger partial charge is 0.463 e. The smallest absolute Gasteiger partial charge is 0.347 e. The topological polar surface area (TPSA) is 82.8 Å². The Morgan fingerprint density at radius 1 is 1.35 bits per heavy atom. The average Bonchev–Trinajstić information content (AvgIpc) is 3.19. The molecule has 0 spiro atoms. The van der Waals surface area contributed by atoms with Crippen LogP contribution in [0.3, 0.4) is 0 Å². The van der Waals surface area contributed by atoms with Gasteiger partial charge in [-0.25, -0.2) is 14.3 Å². The molecule has 0 bridgehead atoms. The number of rotatable bonds is 4. The molecule has 0 radical (unpaired) electrons. The first-order chi connectivity index (χ1) is 12.5. The van der Waals surface area contributed by atoms with Crippen molar-refractivity contribution in [2.45, 2.75) is 39.2 Å². The Morgan fingerprint density at radius 2 is 2.15 bits per heavy atom. The molecule has 7 nitrogen and oxygen atoms in total. The first-order valence-corrected chi connectivity index (χ1v) is 8.64. The minimum atomic E-state index is -0.762. The van der Waals surface area contributed by atoms with Gasteiger partial charge in [-0.1, -0.05) is 12.1 Å². The van der Waals surface area contributed by atoms with Crippen molar-refractivity contribution in [3.8, 4) is 0 Å². The van der Waals surface area contributed by atoms with Gasteiger partial charge in [0.15, 0.2) is 5.65 Å². The first-order valence-electron chi connectivity index (χ1n) is 8.64. The molecule has 134 valence electrons. The zero-order valence-electron chi connectivity index (χ0n) is 14.7. The summed E-state index contributed by atoms with van der Waals surface area (Å²) in [5.41, 5.74) is 4.50. The van der Waals surface area contributed by atoms with E-state index >= 15 is 0 Å². The van der Waals surface area contributed by atoms with Crippen molar-refractivity contribution in [2.24, 2.45) is 0 Å². The van der Waals surface area contributed by atoms with Crippen LogP contribution in [0, 0.1) is 13.8 Å². The summed E-state index contributed by atoms with van der Waals surface area (Å²) in [6.45, 7) is 4.22. The third kappa shape index (κ3) is 2.79. The van der Waals surface area contributed by atoms with Gasteiger partial charge in [0, 0.05) is 29.6 Å². The van der Waals surface area contributed by atoms with E-state index in [-0.39, 0.29) is 6.42 Å². The van der Waals surface area contributed by atoms with E-state index in [1.54, 1.807) is 0 Å². The van der Waals surface area contributed by atoms with Gasteiger partial charge in [0.25, 0.3) is 0 Å². The Kier molecular flexibility index (Phi) is 4.06. The molecule has 0 saturated carbocycles. The monoisotopic (exact) mass is 353 g/mol. The molecule has 2 aromatic heterocycles. The molecule has 1 fully saturated rings. The lowest BCUT2D eigenvalue weighted by molar-refractivity contribution is -0.160. The minimum absolute atomic E-state index is 0.180. The molecule has 1 atom stereocenters. The fourth-order valence-corrected chi connectivity index (χ4v) is 3.37. The number of cyclic esters (lactones) is 1. The third-order valence-corrected chi connectivity index (χ3v) is 4.76. The van der Waals surface area contributed by atoms with Gasteiger partial charge in [0.05, 0.1) is 12.1 Å². The van der Waals surface area contributed by atoms with E-state index in [1.165, 1.54) is 0 Å². The van der Waals surface area contributed by atoms with Crippen molar-refractivity contribution in [1.29, 1.82) is 0 Å². The van der Waals surface area contributed by atoms with Crippen LogP contribution in [-0.4, -0.2) is 39.2 Å². The molecule has 0 N–H and O–H groups in total. The zero-order chi connectivity index (χ0) is 18.3. The predicted molar refractivity (Wildman–Crippen MR) is 93.7 cm³/mol.